The van der Waals surface area contributed by atoms with E-state index in [1.165, 1.54) is 0 Å². The molecule has 1 aliphatic heterocycles. The van der Waals surface area contributed by atoms with Gasteiger partial charge in [0.15, 0.2) is 0 Å². The van der Waals surface area contributed by atoms with E-state index < -0.39 is 6.10 Å². The van der Waals surface area contributed by atoms with Crippen LogP contribution in [0.3, 0.4) is 0 Å². The van der Waals surface area contributed by atoms with Crippen molar-refractivity contribution in [1.82, 2.24) is 5.32 Å². The third-order valence-electron chi connectivity index (χ3n) is 3.65. The third-order valence-corrected chi connectivity index (χ3v) is 3.88. The van der Waals surface area contributed by atoms with E-state index >= 15 is 0 Å². The van der Waals surface area contributed by atoms with Crippen molar-refractivity contribution in [3.8, 4) is 0 Å². The quantitative estimate of drug-likeness (QED) is 0.774. The van der Waals surface area contributed by atoms with Gasteiger partial charge in [0.25, 0.3) is 0 Å². The second-order valence-electron chi connectivity index (χ2n) is 5.51. The average molecular weight is 314 g/mol. The lowest BCUT2D eigenvalue weighted by atomic mass is 10.1. The molecule has 0 spiro atoms. The maximum absolute atomic E-state index is 9.92. The smallest absolute Gasteiger partial charge is 0.0897 e. The lowest BCUT2D eigenvalue weighted by Crippen LogP contribution is -2.33. The van der Waals surface area contributed by atoms with Gasteiger partial charge in [-0.05, 0) is 37.5 Å². The summed E-state index contributed by atoms with van der Waals surface area (Å²) >= 11 is 5.97. The van der Waals surface area contributed by atoms with Gasteiger partial charge in [0.1, 0.15) is 0 Å². The SMILES string of the molecule is C[C@H](NCC(O)COCC1CCCO1)c1cccc(Cl)c1. The highest BCUT2D eigenvalue weighted by atomic mass is 35.5. The Hall–Kier alpha value is -0.650. The van der Waals surface area contributed by atoms with Gasteiger partial charge in [-0.2, -0.15) is 0 Å². The van der Waals surface area contributed by atoms with Gasteiger partial charge in [0.05, 0.1) is 25.4 Å². The minimum atomic E-state index is -0.520. The summed E-state index contributed by atoms with van der Waals surface area (Å²) in [5, 5.41) is 13.9. The molecule has 2 rings (SSSR count). The molecule has 1 saturated heterocycles. The molecule has 3 atom stereocenters. The van der Waals surface area contributed by atoms with E-state index in [2.05, 4.69) is 5.32 Å². The summed E-state index contributed by atoms with van der Waals surface area (Å²) in [6.07, 6.45) is 1.85. The highest BCUT2D eigenvalue weighted by molar-refractivity contribution is 6.30. The standard InChI is InChI=1S/C16H24ClNO3/c1-12(13-4-2-5-14(17)8-13)18-9-15(19)10-20-11-16-6-3-7-21-16/h2,4-5,8,12,15-16,18-19H,3,6-7,9-11H2,1H3/t12-,15?,16?/m0/s1. The van der Waals surface area contributed by atoms with Gasteiger partial charge < -0.3 is 19.9 Å². The van der Waals surface area contributed by atoms with Crippen molar-refractivity contribution in [3.63, 3.8) is 0 Å². The normalized spacial score (nSPS) is 21.4. The summed E-state index contributed by atoms with van der Waals surface area (Å²) in [4.78, 5) is 0. The van der Waals surface area contributed by atoms with Crippen molar-refractivity contribution < 1.29 is 14.6 Å². The lowest BCUT2D eigenvalue weighted by molar-refractivity contribution is -0.0168. The predicted octanol–water partition coefficient (Wildman–Crippen LogP) is 2.55. The van der Waals surface area contributed by atoms with Crippen LogP contribution < -0.4 is 5.32 Å². The van der Waals surface area contributed by atoms with Crippen LogP contribution in [0.4, 0.5) is 0 Å². The van der Waals surface area contributed by atoms with Gasteiger partial charge in [-0.15, -0.1) is 0 Å². The molecule has 21 heavy (non-hydrogen) atoms. The lowest BCUT2D eigenvalue weighted by Gasteiger charge is -2.18. The van der Waals surface area contributed by atoms with Crippen LogP contribution in [0.5, 0.6) is 0 Å². The summed E-state index contributed by atoms with van der Waals surface area (Å²) in [5.41, 5.74) is 1.11. The van der Waals surface area contributed by atoms with E-state index in [0.29, 0.717) is 19.8 Å². The van der Waals surface area contributed by atoms with Gasteiger partial charge in [-0.1, -0.05) is 23.7 Å². The molecular weight excluding hydrogens is 290 g/mol. The fraction of sp³-hybridized carbons (Fsp3) is 0.625. The van der Waals surface area contributed by atoms with Crippen molar-refractivity contribution >= 4 is 11.6 Å². The van der Waals surface area contributed by atoms with Crippen molar-refractivity contribution in [2.45, 2.75) is 38.0 Å². The molecule has 5 heteroatoms. The van der Waals surface area contributed by atoms with Crippen molar-refractivity contribution in [3.05, 3.63) is 34.9 Å². The van der Waals surface area contributed by atoms with Crippen LogP contribution in [0, 0.1) is 0 Å². The maximum Gasteiger partial charge on any atom is 0.0897 e. The maximum atomic E-state index is 9.92. The molecular formula is C16H24ClNO3. The molecule has 0 aliphatic carbocycles. The Morgan fingerprint density at radius 2 is 2.38 bits per heavy atom. The monoisotopic (exact) mass is 313 g/mol. The van der Waals surface area contributed by atoms with Gasteiger partial charge in [-0.3, -0.25) is 0 Å². The highest BCUT2D eigenvalue weighted by Gasteiger charge is 2.16. The fourth-order valence-corrected chi connectivity index (χ4v) is 2.58. The molecule has 0 bridgehead atoms. The van der Waals surface area contributed by atoms with E-state index in [-0.39, 0.29) is 12.1 Å². The van der Waals surface area contributed by atoms with Crippen molar-refractivity contribution in [2.75, 3.05) is 26.4 Å². The van der Waals surface area contributed by atoms with E-state index in [9.17, 15) is 5.11 Å². The second-order valence-corrected chi connectivity index (χ2v) is 5.95. The molecule has 1 aliphatic rings. The Morgan fingerprint density at radius 1 is 1.52 bits per heavy atom. The zero-order valence-corrected chi connectivity index (χ0v) is 13.2. The van der Waals surface area contributed by atoms with Gasteiger partial charge in [0.2, 0.25) is 0 Å². The number of benzene rings is 1. The number of rotatable bonds is 8. The summed E-state index contributed by atoms with van der Waals surface area (Å²) < 4.78 is 11.0. The van der Waals surface area contributed by atoms with E-state index in [4.69, 9.17) is 21.1 Å². The van der Waals surface area contributed by atoms with Crippen LogP contribution in [0.2, 0.25) is 5.02 Å². The molecule has 0 radical (unpaired) electrons. The minimum Gasteiger partial charge on any atom is -0.389 e. The van der Waals surface area contributed by atoms with Crippen LogP contribution in [-0.2, 0) is 9.47 Å². The zero-order chi connectivity index (χ0) is 15.1. The number of ether oxygens (including phenoxy) is 2. The predicted molar refractivity (Wildman–Crippen MR) is 83.7 cm³/mol. The van der Waals surface area contributed by atoms with Crippen molar-refractivity contribution in [2.24, 2.45) is 0 Å². The number of nitrogens with one attached hydrogen (secondary N) is 1. The summed E-state index contributed by atoms with van der Waals surface area (Å²) in [5.74, 6) is 0. The molecule has 1 aromatic rings. The molecule has 1 heterocycles. The molecule has 2 unspecified atom stereocenters. The van der Waals surface area contributed by atoms with E-state index in [0.717, 1.165) is 30.0 Å². The number of hydrogen-bond acceptors (Lipinski definition) is 4. The summed E-state index contributed by atoms with van der Waals surface area (Å²) in [7, 11) is 0. The Bertz CT molecular complexity index is 424. The Kier molecular flexibility index (Phi) is 6.93. The fourth-order valence-electron chi connectivity index (χ4n) is 2.38. The van der Waals surface area contributed by atoms with Crippen LogP contribution in [-0.4, -0.2) is 43.7 Å². The van der Waals surface area contributed by atoms with E-state index in [1.807, 2.05) is 31.2 Å². The first kappa shape index (κ1) is 16.7. The third kappa shape index (κ3) is 5.93. The van der Waals surface area contributed by atoms with Crippen LogP contribution in [0.15, 0.2) is 24.3 Å². The average Bonchev–Trinajstić information content (AvgIpc) is 2.98. The second kappa shape index (κ2) is 8.71. The number of aliphatic hydroxyl groups is 1. The first-order chi connectivity index (χ1) is 10.1. The molecule has 1 fully saturated rings. The number of hydrogen-bond donors (Lipinski definition) is 2. The number of aliphatic hydroxyl groups excluding tert-OH is 1. The molecule has 2 N–H and O–H groups in total. The molecule has 118 valence electrons. The van der Waals surface area contributed by atoms with Crippen molar-refractivity contribution in [1.29, 1.82) is 0 Å². The number of halogens is 1. The van der Waals surface area contributed by atoms with E-state index in [1.54, 1.807) is 0 Å². The van der Waals surface area contributed by atoms with Crippen LogP contribution in [0.25, 0.3) is 0 Å². The molecule has 1 aromatic carbocycles. The van der Waals surface area contributed by atoms with Crippen LogP contribution in [0.1, 0.15) is 31.4 Å². The van der Waals surface area contributed by atoms with Gasteiger partial charge in [0, 0.05) is 24.2 Å². The summed E-state index contributed by atoms with van der Waals surface area (Å²) in [6, 6.07) is 7.86. The summed E-state index contributed by atoms with van der Waals surface area (Å²) in [6.45, 7) is 4.26. The molecule has 0 aromatic heterocycles. The highest BCUT2D eigenvalue weighted by Crippen LogP contribution is 2.17. The Morgan fingerprint density at radius 3 is 3.10 bits per heavy atom. The Balaban J connectivity index is 1.62. The first-order valence-corrected chi connectivity index (χ1v) is 7.89. The molecule has 0 amide bonds. The van der Waals surface area contributed by atoms with Gasteiger partial charge >= 0.3 is 0 Å². The first-order valence-electron chi connectivity index (χ1n) is 7.51. The topological polar surface area (TPSA) is 50.7 Å². The molecule has 0 saturated carbocycles. The van der Waals surface area contributed by atoms with Gasteiger partial charge in [-0.25, -0.2) is 0 Å². The van der Waals surface area contributed by atoms with Crippen LogP contribution >= 0.6 is 11.6 Å². The zero-order valence-electron chi connectivity index (χ0n) is 12.4. The largest absolute Gasteiger partial charge is 0.389 e. The minimum absolute atomic E-state index is 0.136. The molecule has 4 nitrogen and oxygen atoms in total. The Labute approximate surface area is 131 Å².